The number of Topliss-reactive ketones (excluding diaryl/α,β-unsaturated/α-hetero) is 3. The SMILES string of the molecule is COC1=C(OC)C(=O)/C(=C2/C(C)=C(C(=O)O)NC(c3ccc4c(n3)C(=O)C(N)=C(OC)C4=O)=C2N)C=C1. The average Bonchev–Trinajstić information content (AvgIpc) is 2.88. The molecule has 0 amide bonds. The molecule has 0 fully saturated rings. The Kier molecular flexibility index (Phi) is 6.18. The van der Waals surface area contributed by atoms with Crippen molar-refractivity contribution in [3.8, 4) is 0 Å². The lowest BCUT2D eigenvalue weighted by atomic mass is 9.87. The van der Waals surface area contributed by atoms with Crippen LogP contribution in [0.2, 0.25) is 0 Å². The zero-order chi connectivity index (χ0) is 27.2. The molecule has 12 heteroatoms. The van der Waals surface area contributed by atoms with E-state index in [1.165, 1.54) is 52.5 Å². The van der Waals surface area contributed by atoms with E-state index in [4.69, 9.17) is 25.7 Å². The van der Waals surface area contributed by atoms with Gasteiger partial charge in [-0.15, -0.1) is 0 Å². The van der Waals surface area contributed by atoms with Crippen molar-refractivity contribution in [2.45, 2.75) is 6.92 Å². The van der Waals surface area contributed by atoms with Crippen molar-refractivity contribution in [1.29, 1.82) is 0 Å². The van der Waals surface area contributed by atoms with E-state index < -0.39 is 29.0 Å². The molecule has 37 heavy (non-hydrogen) atoms. The van der Waals surface area contributed by atoms with E-state index in [0.717, 1.165) is 0 Å². The minimum Gasteiger partial charge on any atom is -0.493 e. The molecule has 0 saturated heterocycles. The van der Waals surface area contributed by atoms with Crippen LogP contribution in [0.25, 0.3) is 5.70 Å². The van der Waals surface area contributed by atoms with Crippen LogP contribution in [0, 0.1) is 0 Å². The Labute approximate surface area is 210 Å². The highest BCUT2D eigenvalue weighted by molar-refractivity contribution is 6.25. The Morgan fingerprint density at radius 3 is 2.19 bits per heavy atom. The lowest BCUT2D eigenvalue weighted by Gasteiger charge is -2.27. The Morgan fingerprint density at radius 1 is 0.919 bits per heavy atom. The van der Waals surface area contributed by atoms with Crippen molar-refractivity contribution < 1.29 is 38.5 Å². The topological polar surface area (TPSA) is 193 Å². The number of ether oxygens (including phenoxy) is 3. The second-order valence-electron chi connectivity index (χ2n) is 7.97. The lowest BCUT2D eigenvalue weighted by Crippen LogP contribution is -2.32. The number of nitrogens with zero attached hydrogens (tertiary/aromatic N) is 1. The summed E-state index contributed by atoms with van der Waals surface area (Å²) in [6.45, 7) is 1.49. The number of pyridine rings is 1. The largest absolute Gasteiger partial charge is 0.493 e. The lowest BCUT2D eigenvalue weighted by molar-refractivity contribution is -0.133. The summed E-state index contributed by atoms with van der Waals surface area (Å²) in [5, 5.41) is 12.6. The second-order valence-corrected chi connectivity index (χ2v) is 7.97. The Balaban J connectivity index is 1.94. The number of allylic oxidation sites excluding steroid dienone is 6. The van der Waals surface area contributed by atoms with Gasteiger partial charge in [-0.1, -0.05) is 0 Å². The van der Waals surface area contributed by atoms with Gasteiger partial charge in [0.25, 0.3) is 0 Å². The summed E-state index contributed by atoms with van der Waals surface area (Å²) >= 11 is 0. The van der Waals surface area contributed by atoms with Crippen molar-refractivity contribution >= 4 is 29.0 Å². The van der Waals surface area contributed by atoms with E-state index in [1.54, 1.807) is 0 Å². The monoisotopic (exact) mass is 506 g/mol. The fraction of sp³-hybridized carbons (Fsp3) is 0.160. The maximum Gasteiger partial charge on any atom is 0.352 e. The summed E-state index contributed by atoms with van der Waals surface area (Å²) in [6.07, 6.45) is 2.94. The summed E-state index contributed by atoms with van der Waals surface area (Å²) in [7, 11) is 3.89. The van der Waals surface area contributed by atoms with E-state index in [-0.39, 0.29) is 68.0 Å². The molecular formula is C25H22N4O8. The molecule has 0 radical (unpaired) electrons. The van der Waals surface area contributed by atoms with Gasteiger partial charge >= 0.3 is 5.97 Å². The van der Waals surface area contributed by atoms with Gasteiger partial charge < -0.3 is 36.1 Å². The second kappa shape index (κ2) is 9.15. The molecule has 3 aliphatic rings. The first-order valence-corrected chi connectivity index (χ1v) is 10.7. The van der Waals surface area contributed by atoms with Gasteiger partial charge in [0.15, 0.2) is 11.5 Å². The zero-order valence-corrected chi connectivity index (χ0v) is 20.2. The van der Waals surface area contributed by atoms with Gasteiger partial charge in [0.1, 0.15) is 17.1 Å². The number of fused-ring (bicyclic) bond motifs is 1. The predicted molar refractivity (Wildman–Crippen MR) is 128 cm³/mol. The smallest absolute Gasteiger partial charge is 0.352 e. The van der Waals surface area contributed by atoms with E-state index in [9.17, 15) is 24.3 Å². The number of carbonyl (C=O) groups is 4. The highest BCUT2D eigenvalue weighted by Gasteiger charge is 2.36. The van der Waals surface area contributed by atoms with Gasteiger partial charge in [0.05, 0.1) is 44.0 Å². The number of aromatic nitrogens is 1. The fourth-order valence-corrected chi connectivity index (χ4v) is 4.23. The Morgan fingerprint density at radius 2 is 1.59 bits per heavy atom. The maximum absolute atomic E-state index is 13.2. The fourth-order valence-electron chi connectivity index (χ4n) is 4.23. The number of nitrogens with one attached hydrogen (secondary N) is 1. The third-order valence-corrected chi connectivity index (χ3v) is 6.03. The van der Waals surface area contributed by atoms with Crippen LogP contribution in [0.1, 0.15) is 33.5 Å². The molecule has 0 saturated carbocycles. The van der Waals surface area contributed by atoms with Gasteiger partial charge in [0.2, 0.25) is 23.1 Å². The maximum atomic E-state index is 13.2. The highest BCUT2D eigenvalue weighted by Crippen LogP contribution is 2.36. The quantitative estimate of drug-likeness (QED) is 0.411. The van der Waals surface area contributed by atoms with Crippen LogP contribution >= 0.6 is 0 Å². The molecule has 1 aliphatic heterocycles. The van der Waals surface area contributed by atoms with Crippen molar-refractivity contribution in [2.75, 3.05) is 21.3 Å². The summed E-state index contributed by atoms with van der Waals surface area (Å²) < 4.78 is 15.3. The van der Waals surface area contributed by atoms with Crippen LogP contribution in [0.4, 0.5) is 0 Å². The standard InChI is InChI=1S/C25H22N4O8/c1-9-14(10-6-8-13(35-2)23(36-3)20(10)30)15(26)19(29-17(9)25(33)34)12-7-5-11-18(28-12)22(32)16(27)24(37-4)21(11)31/h5-8,29H,26-27H2,1-4H3,(H,33,34)/b14-10-. The minimum atomic E-state index is -1.32. The van der Waals surface area contributed by atoms with Crippen molar-refractivity contribution in [1.82, 2.24) is 10.3 Å². The van der Waals surface area contributed by atoms with Crippen molar-refractivity contribution in [3.63, 3.8) is 0 Å². The highest BCUT2D eigenvalue weighted by atomic mass is 16.5. The summed E-state index contributed by atoms with van der Waals surface area (Å²) in [5.41, 5.74) is 11.7. The number of dihydropyridines is 1. The van der Waals surface area contributed by atoms with E-state index >= 15 is 0 Å². The number of rotatable bonds is 5. The number of ketones is 3. The third kappa shape index (κ3) is 3.75. The molecule has 0 aromatic carbocycles. The molecule has 1 aromatic heterocycles. The molecule has 190 valence electrons. The first-order chi connectivity index (χ1) is 17.6. The van der Waals surface area contributed by atoms with Gasteiger partial charge in [0, 0.05) is 11.1 Å². The number of carboxylic acids is 1. The molecule has 4 rings (SSSR count). The molecule has 2 heterocycles. The molecular weight excluding hydrogens is 484 g/mol. The molecule has 0 spiro atoms. The van der Waals surface area contributed by atoms with Gasteiger partial charge in [-0.2, -0.15) is 0 Å². The zero-order valence-electron chi connectivity index (χ0n) is 20.2. The average molecular weight is 506 g/mol. The molecule has 0 unspecified atom stereocenters. The van der Waals surface area contributed by atoms with Crippen LogP contribution in [0.15, 0.2) is 75.4 Å². The first kappa shape index (κ1) is 25.0. The third-order valence-electron chi connectivity index (χ3n) is 6.03. The normalized spacial score (nSPS) is 19.8. The van der Waals surface area contributed by atoms with E-state index in [0.29, 0.717) is 0 Å². The molecule has 2 aliphatic carbocycles. The van der Waals surface area contributed by atoms with Crippen molar-refractivity contribution in [3.05, 3.63) is 92.3 Å². The molecule has 12 nitrogen and oxygen atoms in total. The number of methoxy groups -OCH3 is 3. The van der Waals surface area contributed by atoms with Crippen LogP contribution < -0.4 is 16.8 Å². The Hall–Kier alpha value is -5.13. The predicted octanol–water partition coefficient (Wildman–Crippen LogP) is 0.806. The van der Waals surface area contributed by atoms with Gasteiger partial charge in [-0.05, 0) is 36.8 Å². The number of aliphatic carboxylic acids is 1. The molecule has 6 N–H and O–H groups in total. The van der Waals surface area contributed by atoms with Crippen LogP contribution in [0.5, 0.6) is 0 Å². The summed E-state index contributed by atoms with van der Waals surface area (Å²) in [4.78, 5) is 55.1. The Bertz CT molecular complexity index is 1500. The van der Waals surface area contributed by atoms with E-state index in [1.807, 2.05) is 0 Å². The van der Waals surface area contributed by atoms with Crippen LogP contribution in [0.3, 0.4) is 0 Å². The molecule has 0 bridgehead atoms. The number of nitrogens with two attached hydrogens (primary N) is 2. The number of hydrogen-bond donors (Lipinski definition) is 4. The first-order valence-electron chi connectivity index (χ1n) is 10.7. The van der Waals surface area contributed by atoms with Crippen LogP contribution in [-0.2, 0) is 23.8 Å². The van der Waals surface area contributed by atoms with E-state index in [2.05, 4.69) is 10.3 Å². The van der Waals surface area contributed by atoms with Gasteiger partial charge in [-0.3, -0.25) is 14.4 Å². The molecule has 1 aromatic rings. The van der Waals surface area contributed by atoms with Crippen LogP contribution in [-0.4, -0.2) is 54.7 Å². The van der Waals surface area contributed by atoms with Gasteiger partial charge in [-0.25, -0.2) is 9.78 Å². The summed E-state index contributed by atoms with van der Waals surface area (Å²) in [6, 6.07) is 2.73. The molecule has 0 atom stereocenters. The number of carbonyl (C=O) groups excluding carboxylic acids is 3. The minimum absolute atomic E-state index is 0.00956. The van der Waals surface area contributed by atoms with Crippen molar-refractivity contribution in [2.24, 2.45) is 11.5 Å². The number of hydrogen-bond acceptors (Lipinski definition) is 11. The number of carboxylic acid groups (broad SMARTS) is 1. The summed E-state index contributed by atoms with van der Waals surface area (Å²) in [5.74, 6) is -3.45.